The summed E-state index contributed by atoms with van der Waals surface area (Å²) in [6.45, 7) is 1.34. The predicted octanol–water partition coefficient (Wildman–Crippen LogP) is 0.607. The van der Waals surface area contributed by atoms with E-state index in [2.05, 4.69) is 10.4 Å². The van der Waals surface area contributed by atoms with Crippen LogP contribution in [0.25, 0.3) is 0 Å². The van der Waals surface area contributed by atoms with Gasteiger partial charge in [-0.3, -0.25) is 0 Å². The molecule has 0 radical (unpaired) electrons. The van der Waals surface area contributed by atoms with Crippen LogP contribution in [0, 0.1) is 0 Å². The molecule has 6 heteroatoms. The second kappa shape index (κ2) is 3.56. The Hall–Kier alpha value is -0.880. The third-order valence-electron chi connectivity index (χ3n) is 3.49. The molecule has 0 spiro atoms. The van der Waals surface area contributed by atoms with Crippen molar-refractivity contribution in [1.29, 1.82) is 0 Å². The Morgan fingerprint density at radius 3 is 2.81 bits per heavy atom. The van der Waals surface area contributed by atoms with Gasteiger partial charge in [-0.05, 0) is 12.8 Å². The van der Waals surface area contributed by atoms with Crippen molar-refractivity contribution in [3.63, 3.8) is 0 Å². The summed E-state index contributed by atoms with van der Waals surface area (Å²) in [6, 6.07) is 0. The summed E-state index contributed by atoms with van der Waals surface area (Å²) in [4.78, 5) is 0. The summed E-state index contributed by atoms with van der Waals surface area (Å²) >= 11 is 0. The van der Waals surface area contributed by atoms with Crippen molar-refractivity contribution in [3.8, 4) is 0 Å². The molecule has 0 amide bonds. The van der Waals surface area contributed by atoms with Gasteiger partial charge < -0.3 is 5.32 Å². The molecule has 1 aromatic rings. The maximum atomic E-state index is 12.3. The molecule has 1 fully saturated rings. The Morgan fingerprint density at radius 2 is 2.06 bits per heavy atom. The van der Waals surface area contributed by atoms with Crippen molar-refractivity contribution >= 4 is 10.0 Å². The van der Waals surface area contributed by atoms with Gasteiger partial charge in [-0.1, -0.05) is 12.8 Å². The van der Waals surface area contributed by atoms with E-state index in [0.29, 0.717) is 6.54 Å². The summed E-state index contributed by atoms with van der Waals surface area (Å²) in [5.74, 6) is 0. The van der Waals surface area contributed by atoms with Gasteiger partial charge >= 0.3 is 0 Å². The fourth-order valence-corrected chi connectivity index (χ4v) is 4.46. The van der Waals surface area contributed by atoms with Crippen LogP contribution in [-0.4, -0.2) is 22.9 Å². The van der Waals surface area contributed by atoms with Gasteiger partial charge in [-0.25, -0.2) is 8.42 Å². The molecule has 2 aliphatic rings. The first kappa shape index (κ1) is 10.3. The Kier molecular flexibility index (Phi) is 2.29. The van der Waals surface area contributed by atoms with Crippen LogP contribution in [0.1, 0.15) is 36.9 Å². The number of hydrogen-bond donors (Lipinski definition) is 1. The monoisotopic (exact) mass is 241 g/mol. The van der Waals surface area contributed by atoms with Gasteiger partial charge in [0.05, 0.1) is 17.1 Å². The lowest BCUT2D eigenvalue weighted by Gasteiger charge is -2.12. The van der Waals surface area contributed by atoms with Crippen LogP contribution in [0.2, 0.25) is 0 Å². The smallest absolute Gasteiger partial charge is 0.256 e. The van der Waals surface area contributed by atoms with Crippen LogP contribution in [0.5, 0.6) is 0 Å². The lowest BCUT2D eigenvalue weighted by atomic mass is 10.3. The van der Waals surface area contributed by atoms with Gasteiger partial charge in [-0.2, -0.15) is 9.19 Å². The van der Waals surface area contributed by atoms with Gasteiger partial charge in [0.2, 0.25) is 0 Å². The van der Waals surface area contributed by atoms with E-state index in [4.69, 9.17) is 0 Å². The SMILES string of the molecule is O=S(=O)(C1CCCC1)n1ncc2c1CNC2. The summed E-state index contributed by atoms with van der Waals surface area (Å²) in [7, 11) is -3.26. The molecular formula is C10H15N3O2S. The molecule has 1 aliphatic carbocycles. The van der Waals surface area contributed by atoms with Crippen molar-refractivity contribution < 1.29 is 8.42 Å². The molecule has 0 saturated heterocycles. The molecule has 16 heavy (non-hydrogen) atoms. The number of fused-ring (bicyclic) bond motifs is 1. The second-order valence-electron chi connectivity index (χ2n) is 4.51. The minimum absolute atomic E-state index is 0.225. The molecule has 1 aromatic heterocycles. The number of hydrogen-bond acceptors (Lipinski definition) is 4. The topological polar surface area (TPSA) is 64.0 Å². The molecule has 88 valence electrons. The molecule has 0 bridgehead atoms. The first-order valence-corrected chi connectivity index (χ1v) is 7.21. The standard InChI is InChI=1S/C10H15N3O2S/c14-16(15,9-3-1-2-4-9)13-10-7-11-5-8(10)6-12-13/h6,9,11H,1-5,7H2. The van der Waals surface area contributed by atoms with E-state index >= 15 is 0 Å². The average molecular weight is 241 g/mol. The zero-order chi connectivity index (χ0) is 11.2. The molecule has 0 atom stereocenters. The van der Waals surface area contributed by atoms with Crippen molar-refractivity contribution in [1.82, 2.24) is 14.5 Å². The van der Waals surface area contributed by atoms with Crippen LogP contribution in [0.4, 0.5) is 0 Å². The van der Waals surface area contributed by atoms with Crippen LogP contribution >= 0.6 is 0 Å². The van der Waals surface area contributed by atoms with E-state index in [1.165, 1.54) is 4.09 Å². The maximum absolute atomic E-state index is 12.3. The van der Waals surface area contributed by atoms with Crippen molar-refractivity contribution in [3.05, 3.63) is 17.5 Å². The minimum Gasteiger partial charge on any atom is -0.307 e. The summed E-state index contributed by atoms with van der Waals surface area (Å²) in [5.41, 5.74) is 1.84. The zero-order valence-corrected chi connectivity index (χ0v) is 9.83. The van der Waals surface area contributed by atoms with Gasteiger partial charge in [0.15, 0.2) is 0 Å². The van der Waals surface area contributed by atoms with E-state index in [1.807, 2.05) is 0 Å². The largest absolute Gasteiger partial charge is 0.307 e. The summed E-state index contributed by atoms with van der Waals surface area (Å²) in [6.07, 6.45) is 5.27. The molecule has 2 heterocycles. The number of aromatic nitrogens is 2. The van der Waals surface area contributed by atoms with Gasteiger partial charge in [0.25, 0.3) is 10.0 Å². The molecule has 1 aliphatic heterocycles. The number of nitrogens with one attached hydrogen (secondary N) is 1. The van der Waals surface area contributed by atoms with E-state index in [9.17, 15) is 8.42 Å². The van der Waals surface area contributed by atoms with Crippen LogP contribution in [0.15, 0.2) is 6.20 Å². The first-order valence-electron chi connectivity index (χ1n) is 5.70. The average Bonchev–Trinajstić information content (AvgIpc) is 2.95. The van der Waals surface area contributed by atoms with Gasteiger partial charge in [-0.15, -0.1) is 0 Å². The molecule has 5 nitrogen and oxygen atoms in total. The van der Waals surface area contributed by atoms with Gasteiger partial charge in [0.1, 0.15) is 0 Å². The van der Waals surface area contributed by atoms with Crippen molar-refractivity contribution in [2.45, 2.75) is 44.0 Å². The van der Waals surface area contributed by atoms with Crippen LogP contribution in [0.3, 0.4) is 0 Å². The predicted molar refractivity (Wildman–Crippen MR) is 59.3 cm³/mol. The lowest BCUT2D eigenvalue weighted by Crippen LogP contribution is -2.28. The Bertz CT molecular complexity index is 500. The zero-order valence-electron chi connectivity index (χ0n) is 9.02. The van der Waals surface area contributed by atoms with E-state index in [-0.39, 0.29) is 5.25 Å². The number of nitrogens with zero attached hydrogens (tertiary/aromatic N) is 2. The highest BCUT2D eigenvalue weighted by Crippen LogP contribution is 2.27. The first-order chi connectivity index (χ1) is 7.69. The molecule has 0 unspecified atom stereocenters. The minimum atomic E-state index is -3.26. The normalized spacial score (nSPS) is 21.5. The quantitative estimate of drug-likeness (QED) is 0.824. The summed E-state index contributed by atoms with van der Waals surface area (Å²) < 4.78 is 25.9. The molecular weight excluding hydrogens is 226 g/mol. The third-order valence-corrected chi connectivity index (χ3v) is 5.60. The Balaban J connectivity index is 2.02. The van der Waals surface area contributed by atoms with E-state index < -0.39 is 10.0 Å². The summed E-state index contributed by atoms with van der Waals surface area (Å²) in [5, 5.41) is 6.96. The van der Waals surface area contributed by atoms with E-state index in [1.54, 1.807) is 6.20 Å². The van der Waals surface area contributed by atoms with Crippen molar-refractivity contribution in [2.75, 3.05) is 0 Å². The fraction of sp³-hybridized carbons (Fsp3) is 0.700. The molecule has 0 aromatic carbocycles. The molecule has 3 rings (SSSR count). The molecule has 1 saturated carbocycles. The van der Waals surface area contributed by atoms with E-state index in [0.717, 1.165) is 43.5 Å². The number of rotatable bonds is 2. The van der Waals surface area contributed by atoms with Crippen LogP contribution < -0.4 is 5.32 Å². The molecule has 1 N–H and O–H groups in total. The van der Waals surface area contributed by atoms with Crippen molar-refractivity contribution in [2.24, 2.45) is 0 Å². The second-order valence-corrected chi connectivity index (χ2v) is 6.56. The fourth-order valence-electron chi connectivity index (χ4n) is 2.58. The highest BCUT2D eigenvalue weighted by molar-refractivity contribution is 7.90. The van der Waals surface area contributed by atoms with Crippen LogP contribution in [-0.2, 0) is 23.1 Å². The maximum Gasteiger partial charge on any atom is 0.256 e. The third kappa shape index (κ3) is 1.40. The Morgan fingerprint density at radius 1 is 1.31 bits per heavy atom. The lowest BCUT2D eigenvalue weighted by molar-refractivity contribution is 0.558. The highest BCUT2D eigenvalue weighted by atomic mass is 32.2. The van der Waals surface area contributed by atoms with Gasteiger partial charge in [0, 0.05) is 18.7 Å². The highest BCUT2D eigenvalue weighted by Gasteiger charge is 2.33. The Labute approximate surface area is 94.9 Å².